The Hall–Kier alpha value is -0.870. The first-order valence-corrected chi connectivity index (χ1v) is 4.31. The average molecular weight is 203 g/mol. The number of aryl methyl sites for hydroxylation is 1. The summed E-state index contributed by atoms with van der Waals surface area (Å²) in [7, 11) is 0. The summed E-state index contributed by atoms with van der Waals surface area (Å²) in [6.45, 7) is 3.80. The lowest BCUT2D eigenvalue weighted by Gasteiger charge is -2.17. The predicted molar refractivity (Wildman–Crippen MR) is 48.5 cm³/mol. The molecular formula is C8H11ClN2O2. The molecule has 1 N–H and O–H groups in total. The summed E-state index contributed by atoms with van der Waals surface area (Å²) in [4.78, 5) is 10.6. The summed E-state index contributed by atoms with van der Waals surface area (Å²) < 4.78 is 1.50. The van der Waals surface area contributed by atoms with E-state index in [1.165, 1.54) is 17.8 Å². The van der Waals surface area contributed by atoms with Crippen molar-refractivity contribution in [3.63, 3.8) is 0 Å². The van der Waals surface area contributed by atoms with Crippen molar-refractivity contribution in [3.05, 3.63) is 16.9 Å². The standard InChI is InChI=1S/C8H11ClN2O2/c1-3-11-7(6(9)4-10-11)8(2,13)5-12/h4-5,13H,3H2,1-2H3. The first-order valence-electron chi connectivity index (χ1n) is 3.93. The van der Waals surface area contributed by atoms with E-state index in [4.69, 9.17) is 11.6 Å². The molecule has 0 fully saturated rings. The van der Waals surface area contributed by atoms with Crippen molar-refractivity contribution >= 4 is 17.9 Å². The van der Waals surface area contributed by atoms with E-state index in [9.17, 15) is 9.90 Å². The predicted octanol–water partition coefficient (Wildman–Crippen LogP) is 0.963. The highest BCUT2D eigenvalue weighted by molar-refractivity contribution is 6.31. The molecule has 0 saturated carbocycles. The zero-order valence-corrected chi connectivity index (χ0v) is 8.25. The molecular weight excluding hydrogens is 192 g/mol. The van der Waals surface area contributed by atoms with E-state index >= 15 is 0 Å². The summed E-state index contributed by atoms with van der Waals surface area (Å²) in [5.74, 6) is 0. The molecule has 0 saturated heterocycles. The fourth-order valence-corrected chi connectivity index (χ4v) is 1.49. The minimum atomic E-state index is -1.57. The number of aliphatic hydroxyl groups is 1. The Morgan fingerprint density at radius 3 is 2.92 bits per heavy atom. The highest BCUT2D eigenvalue weighted by Gasteiger charge is 2.29. The molecule has 72 valence electrons. The SMILES string of the molecule is CCn1ncc(Cl)c1C(C)(O)C=O. The lowest BCUT2D eigenvalue weighted by Crippen LogP contribution is -2.27. The number of aldehydes is 1. The number of nitrogens with zero attached hydrogens (tertiary/aromatic N) is 2. The van der Waals surface area contributed by atoms with Crippen LogP contribution in [0.4, 0.5) is 0 Å². The zero-order valence-electron chi connectivity index (χ0n) is 7.49. The van der Waals surface area contributed by atoms with E-state index in [-0.39, 0.29) is 0 Å². The third kappa shape index (κ3) is 1.73. The Kier molecular flexibility index (Phi) is 2.73. The summed E-state index contributed by atoms with van der Waals surface area (Å²) in [5, 5.41) is 13.9. The van der Waals surface area contributed by atoms with Gasteiger partial charge in [-0.05, 0) is 13.8 Å². The molecule has 0 aliphatic heterocycles. The molecule has 1 aromatic rings. The van der Waals surface area contributed by atoms with Crippen molar-refractivity contribution in [1.29, 1.82) is 0 Å². The van der Waals surface area contributed by atoms with E-state index < -0.39 is 5.60 Å². The van der Waals surface area contributed by atoms with Gasteiger partial charge in [0.05, 0.1) is 16.9 Å². The van der Waals surface area contributed by atoms with E-state index in [1.54, 1.807) is 0 Å². The number of halogens is 1. The van der Waals surface area contributed by atoms with Gasteiger partial charge in [0.25, 0.3) is 0 Å². The van der Waals surface area contributed by atoms with Crippen LogP contribution in [0.3, 0.4) is 0 Å². The second kappa shape index (κ2) is 3.47. The zero-order chi connectivity index (χ0) is 10.1. The van der Waals surface area contributed by atoms with Gasteiger partial charge in [-0.1, -0.05) is 11.6 Å². The molecule has 0 bridgehead atoms. The van der Waals surface area contributed by atoms with Crippen molar-refractivity contribution in [1.82, 2.24) is 9.78 Å². The van der Waals surface area contributed by atoms with Crippen LogP contribution in [0.1, 0.15) is 19.5 Å². The van der Waals surface area contributed by atoms with Crippen LogP contribution in [-0.4, -0.2) is 21.2 Å². The van der Waals surface area contributed by atoms with Gasteiger partial charge in [-0.15, -0.1) is 0 Å². The molecule has 1 aromatic heterocycles. The number of carbonyl (C=O) groups is 1. The molecule has 0 radical (unpaired) electrons. The molecule has 4 nitrogen and oxygen atoms in total. The van der Waals surface area contributed by atoms with Gasteiger partial charge in [0.1, 0.15) is 0 Å². The lowest BCUT2D eigenvalue weighted by atomic mass is 10.1. The topological polar surface area (TPSA) is 55.1 Å². The minimum absolute atomic E-state index is 0.305. The van der Waals surface area contributed by atoms with Gasteiger partial charge < -0.3 is 5.11 Å². The maximum absolute atomic E-state index is 10.6. The van der Waals surface area contributed by atoms with Crippen molar-refractivity contribution < 1.29 is 9.90 Å². The maximum atomic E-state index is 10.6. The third-order valence-electron chi connectivity index (χ3n) is 1.80. The molecule has 5 heteroatoms. The normalized spacial score (nSPS) is 15.4. The van der Waals surface area contributed by atoms with Crippen molar-refractivity contribution in [2.24, 2.45) is 0 Å². The highest BCUT2D eigenvalue weighted by Crippen LogP contribution is 2.25. The number of rotatable bonds is 3. The summed E-state index contributed by atoms with van der Waals surface area (Å²) >= 11 is 5.78. The van der Waals surface area contributed by atoms with Gasteiger partial charge in [-0.3, -0.25) is 9.48 Å². The largest absolute Gasteiger partial charge is 0.376 e. The van der Waals surface area contributed by atoms with E-state index in [0.29, 0.717) is 23.5 Å². The fraction of sp³-hybridized carbons (Fsp3) is 0.500. The van der Waals surface area contributed by atoms with Crippen LogP contribution in [0.15, 0.2) is 6.20 Å². The van der Waals surface area contributed by atoms with Crippen LogP contribution in [-0.2, 0) is 16.9 Å². The van der Waals surface area contributed by atoms with E-state index in [1.807, 2.05) is 6.92 Å². The van der Waals surface area contributed by atoms with Gasteiger partial charge in [-0.2, -0.15) is 5.10 Å². The van der Waals surface area contributed by atoms with Crippen LogP contribution < -0.4 is 0 Å². The molecule has 1 heterocycles. The Labute approximate surface area is 81.1 Å². The second-order valence-electron chi connectivity index (χ2n) is 2.92. The molecule has 1 unspecified atom stereocenters. The van der Waals surface area contributed by atoms with Gasteiger partial charge >= 0.3 is 0 Å². The number of carbonyl (C=O) groups excluding carboxylic acids is 1. The number of hydrogen-bond acceptors (Lipinski definition) is 3. The minimum Gasteiger partial charge on any atom is -0.376 e. The Balaban J connectivity index is 3.25. The van der Waals surface area contributed by atoms with Gasteiger partial charge in [0.15, 0.2) is 11.9 Å². The molecule has 13 heavy (non-hydrogen) atoms. The summed E-state index contributed by atoms with van der Waals surface area (Å²) in [6.07, 6.45) is 1.86. The quantitative estimate of drug-likeness (QED) is 0.743. The van der Waals surface area contributed by atoms with Crippen molar-refractivity contribution in [2.75, 3.05) is 0 Å². The van der Waals surface area contributed by atoms with Crippen molar-refractivity contribution in [2.45, 2.75) is 26.0 Å². The van der Waals surface area contributed by atoms with E-state index in [2.05, 4.69) is 5.10 Å². The molecule has 0 aliphatic rings. The first-order chi connectivity index (χ1) is 6.03. The Morgan fingerprint density at radius 2 is 2.46 bits per heavy atom. The molecule has 1 rings (SSSR count). The lowest BCUT2D eigenvalue weighted by molar-refractivity contribution is -0.123. The highest BCUT2D eigenvalue weighted by atomic mass is 35.5. The van der Waals surface area contributed by atoms with Crippen molar-refractivity contribution in [3.8, 4) is 0 Å². The van der Waals surface area contributed by atoms with Crippen LogP contribution in [0.2, 0.25) is 5.02 Å². The van der Waals surface area contributed by atoms with E-state index in [0.717, 1.165) is 0 Å². The number of aromatic nitrogens is 2. The van der Waals surface area contributed by atoms with Crippen LogP contribution >= 0.6 is 11.6 Å². The molecule has 0 aliphatic carbocycles. The van der Waals surface area contributed by atoms with Gasteiger partial charge in [-0.25, -0.2) is 0 Å². The molecule has 0 amide bonds. The monoisotopic (exact) mass is 202 g/mol. The summed E-state index contributed by atoms with van der Waals surface area (Å²) in [6, 6.07) is 0. The maximum Gasteiger partial charge on any atom is 0.160 e. The van der Waals surface area contributed by atoms with Crippen LogP contribution in [0, 0.1) is 0 Å². The fourth-order valence-electron chi connectivity index (χ4n) is 1.16. The molecule has 1 atom stereocenters. The second-order valence-corrected chi connectivity index (χ2v) is 3.33. The third-order valence-corrected chi connectivity index (χ3v) is 2.08. The van der Waals surface area contributed by atoms with Crippen LogP contribution in [0.25, 0.3) is 0 Å². The first kappa shape index (κ1) is 10.2. The molecule has 0 aromatic carbocycles. The molecule has 0 spiro atoms. The Bertz CT molecular complexity index is 320. The Morgan fingerprint density at radius 1 is 1.85 bits per heavy atom. The average Bonchev–Trinajstić information content (AvgIpc) is 2.47. The van der Waals surface area contributed by atoms with Crippen LogP contribution in [0.5, 0.6) is 0 Å². The summed E-state index contributed by atoms with van der Waals surface area (Å²) in [5.41, 5.74) is -1.23. The number of hydrogen-bond donors (Lipinski definition) is 1. The van der Waals surface area contributed by atoms with Gasteiger partial charge in [0, 0.05) is 6.54 Å². The van der Waals surface area contributed by atoms with Gasteiger partial charge in [0.2, 0.25) is 0 Å². The smallest absolute Gasteiger partial charge is 0.160 e.